The van der Waals surface area contributed by atoms with Crippen molar-refractivity contribution >= 4 is 5.97 Å². The lowest BCUT2D eigenvalue weighted by molar-refractivity contribution is 0.0563. The van der Waals surface area contributed by atoms with Gasteiger partial charge in [-0.1, -0.05) is 19.3 Å². The number of aromatic nitrogens is 2. The molecular formula is C20H30N2O2. The average Bonchev–Trinajstić information content (AvgIpc) is 3.07. The first-order chi connectivity index (χ1) is 11.7. The predicted molar refractivity (Wildman–Crippen MR) is 93.3 cm³/mol. The van der Waals surface area contributed by atoms with Crippen molar-refractivity contribution in [2.24, 2.45) is 11.3 Å². The summed E-state index contributed by atoms with van der Waals surface area (Å²) >= 11 is 0. The van der Waals surface area contributed by atoms with E-state index in [9.17, 15) is 9.90 Å². The number of aromatic amines is 1. The van der Waals surface area contributed by atoms with Gasteiger partial charge in [0, 0.05) is 11.6 Å². The summed E-state index contributed by atoms with van der Waals surface area (Å²) in [7, 11) is 0. The van der Waals surface area contributed by atoms with Gasteiger partial charge in [-0.05, 0) is 75.5 Å². The minimum Gasteiger partial charge on any atom is -0.476 e. The van der Waals surface area contributed by atoms with E-state index in [1.807, 2.05) is 0 Å². The number of hydrogen-bond acceptors (Lipinski definition) is 2. The van der Waals surface area contributed by atoms with Crippen LogP contribution in [0.1, 0.15) is 105 Å². The second-order valence-corrected chi connectivity index (χ2v) is 8.57. The highest BCUT2D eigenvalue weighted by atomic mass is 16.4. The molecule has 4 aliphatic rings. The summed E-state index contributed by atoms with van der Waals surface area (Å²) in [6, 6.07) is 0. The zero-order valence-electron chi connectivity index (χ0n) is 14.6. The van der Waals surface area contributed by atoms with Crippen LogP contribution in [0.25, 0.3) is 0 Å². The molecule has 0 unspecified atom stereocenters. The number of H-pyrrole nitrogens is 1. The Bertz CT molecular complexity index is 579. The molecule has 0 atom stereocenters. The SMILES string of the molecule is O=C(O)c1nc(C2CCCCC2)[nH]c1CCC12CCC(CC1)CC2. The molecule has 5 rings (SSSR count). The first kappa shape index (κ1) is 16.2. The molecule has 0 saturated heterocycles. The number of aryl methyl sites for hydroxylation is 1. The van der Waals surface area contributed by atoms with E-state index in [0.717, 1.165) is 43.1 Å². The largest absolute Gasteiger partial charge is 0.476 e. The van der Waals surface area contributed by atoms with Crippen molar-refractivity contribution in [2.75, 3.05) is 0 Å². The summed E-state index contributed by atoms with van der Waals surface area (Å²) in [5.41, 5.74) is 1.65. The Balaban J connectivity index is 1.49. The standard InChI is InChI=1S/C20H30N2O2/c23-19(24)17-16(21-18(22-17)15-4-2-1-3-5-15)9-13-20-10-6-14(7-11-20)8-12-20/h14-15H,1-13H2,(H,21,22)(H,23,24). The van der Waals surface area contributed by atoms with E-state index < -0.39 is 5.97 Å². The molecule has 1 heterocycles. The maximum absolute atomic E-state index is 11.6. The van der Waals surface area contributed by atoms with Gasteiger partial charge in [0.05, 0.1) is 0 Å². The first-order valence-corrected chi connectivity index (χ1v) is 9.97. The van der Waals surface area contributed by atoms with E-state index in [-0.39, 0.29) is 5.69 Å². The number of fused-ring (bicyclic) bond motifs is 3. The molecule has 1 aromatic heterocycles. The molecule has 0 amide bonds. The molecule has 4 heteroatoms. The van der Waals surface area contributed by atoms with E-state index in [0.29, 0.717) is 11.3 Å². The molecule has 132 valence electrons. The van der Waals surface area contributed by atoms with Crippen molar-refractivity contribution in [3.05, 3.63) is 17.2 Å². The van der Waals surface area contributed by atoms with Crippen LogP contribution >= 0.6 is 0 Å². The van der Waals surface area contributed by atoms with Gasteiger partial charge in [-0.15, -0.1) is 0 Å². The molecule has 4 aliphatic carbocycles. The Hall–Kier alpha value is -1.32. The molecule has 4 fully saturated rings. The van der Waals surface area contributed by atoms with Gasteiger partial charge in [-0.2, -0.15) is 0 Å². The predicted octanol–water partition coefficient (Wildman–Crippen LogP) is 5.06. The van der Waals surface area contributed by atoms with Crippen LogP contribution in [0.15, 0.2) is 0 Å². The maximum atomic E-state index is 11.6. The van der Waals surface area contributed by atoms with Crippen LogP contribution in [0.4, 0.5) is 0 Å². The molecule has 24 heavy (non-hydrogen) atoms. The van der Waals surface area contributed by atoms with Gasteiger partial charge in [0.25, 0.3) is 0 Å². The van der Waals surface area contributed by atoms with Gasteiger partial charge in [0.2, 0.25) is 0 Å². The minimum absolute atomic E-state index is 0.288. The lowest BCUT2D eigenvalue weighted by Gasteiger charge is -2.46. The highest BCUT2D eigenvalue weighted by Gasteiger charge is 2.40. The fraction of sp³-hybridized carbons (Fsp3) is 0.800. The van der Waals surface area contributed by atoms with Crippen molar-refractivity contribution in [2.45, 2.75) is 89.4 Å². The van der Waals surface area contributed by atoms with Crippen molar-refractivity contribution in [3.63, 3.8) is 0 Å². The summed E-state index contributed by atoms with van der Waals surface area (Å²) in [5.74, 6) is 1.49. The van der Waals surface area contributed by atoms with E-state index in [2.05, 4.69) is 9.97 Å². The van der Waals surface area contributed by atoms with E-state index in [1.54, 1.807) is 0 Å². The van der Waals surface area contributed by atoms with Gasteiger partial charge in [0.15, 0.2) is 5.69 Å². The monoisotopic (exact) mass is 330 g/mol. The smallest absolute Gasteiger partial charge is 0.356 e. The molecular weight excluding hydrogens is 300 g/mol. The Kier molecular flexibility index (Phi) is 4.40. The second kappa shape index (κ2) is 6.53. The van der Waals surface area contributed by atoms with Gasteiger partial charge >= 0.3 is 5.97 Å². The number of hydrogen-bond donors (Lipinski definition) is 2. The van der Waals surface area contributed by atoms with Crippen molar-refractivity contribution in [1.82, 2.24) is 9.97 Å². The minimum atomic E-state index is -0.867. The summed E-state index contributed by atoms with van der Waals surface area (Å²) in [6.45, 7) is 0. The lowest BCUT2D eigenvalue weighted by atomic mass is 9.59. The van der Waals surface area contributed by atoms with Crippen molar-refractivity contribution in [1.29, 1.82) is 0 Å². The average molecular weight is 330 g/mol. The number of imidazole rings is 1. The number of nitrogens with one attached hydrogen (secondary N) is 1. The van der Waals surface area contributed by atoms with Crippen LogP contribution < -0.4 is 0 Å². The van der Waals surface area contributed by atoms with Crippen LogP contribution in [0.5, 0.6) is 0 Å². The molecule has 0 aliphatic heterocycles. The highest BCUT2D eigenvalue weighted by Crippen LogP contribution is 2.52. The van der Waals surface area contributed by atoms with E-state index >= 15 is 0 Å². The number of carboxylic acids is 1. The lowest BCUT2D eigenvalue weighted by Crippen LogP contribution is -2.34. The summed E-state index contributed by atoms with van der Waals surface area (Å²) in [6.07, 6.45) is 16.3. The highest BCUT2D eigenvalue weighted by molar-refractivity contribution is 5.86. The van der Waals surface area contributed by atoms with Crippen LogP contribution in [-0.2, 0) is 6.42 Å². The third-order valence-electron chi connectivity index (χ3n) is 7.15. The van der Waals surface area contributed by atoms with Gasteiger partial charge in [0.1, 0.15) is 5.82 Å². The zero-order valence-corrected chi connectivity index (χ0v) is 14.6. The Morgan fingerprint density at radius 3 is 2.38 bits per heavy atom. The molecule has 2 bridgehead atoms. The fourth-order valence-electron chi connectivity index (χ4n) is 5.46. The quantitative estimate of drug-likeness (QED) is 0.793. The number of nitrogens with zero attached hydrogens (tertiary/aromatic N) is 1. The normalized spacial score (nSPS) is 30.6. The first-order valence-electron chi connectivity index (χ1n) is 9.97. The van der Waals surface area contributed by atoms with Crippen molar-refractivity contribution in [3.8, 4) is 0 Å². The summed E-state index contributed by atoms with van der Waals surface area (Å²) < 4.78 is 0. The van der Waals surface area contributed by atoms with E-state index in [4.69, 9.17) is 0 Å². The van der Waals surface area contributed by atoms with Crippen LogP contribution in [-0.4, -0.2) is 21.0 Å². The second-order valence-electron chi connectivity index (χ2n) is 8.57. The fourth-order valence-corrected chi connectivity index (χ4v) is 5.46. The number of carboxylic acid groups (broad SMARTS) is 1. The van der Waals surface area contributed by atoms with Crippen LogP contribution in [0.2, 0.25) is 0 Å². The van der Waals surface area contributed by atoms with Crippen LogP contribution in [0, 0.1) is 11.3 Å². The Labute approximate surface area is 144 Å². The zero-order chi connectivity index (χ0) is 16.6. The number of carbonyl (C=O) groups is 1. The molecule has 2 N–H and O–H groups in total. The molecule has 0 aromatic carbocycles. The molecule has 4 saturated carbocycles. The van der Waals surface area contributed by atoms with Crippen LogP contribution in [0.3, 0.4) is 0 Å². The number of rotatable bonds is 5. The van der Waals surface area contributed by atoms with Gasteiger partial charge in [-0.3, -0.25) is 0 Å². The third-order valence-corrected chi connectivity index (χ3v) is 7.15. The topological polar surface area (TPSA) is 66.0 Å². The number of aromatic carboxylic acids is 1. The van der Waals surface area contributed by atoms with Gasteiger partial charge in [-0.25, -0.2) is 9.78 Å². The molecule has 0 radical (unpaired) electrons. The van der Waals surface area contributed by atoms with E-state index in [1.165, 1.54) is 57.8 Å². The van der Waals surface area contributed by atoms with Gasteiger partial charge < -0.3 is 10.1 Å². The maximum Gasteiger partial charge on any atom is 0.356 e. The third kappa shape index (κ3) is 3.12. The molecule has 0 spiro atoms. The Morgan fingerprint density at radius 1 is 1.08 bits per heavy atom. The molecule has 1 aromatic rings. The summed E-state index contributed by atoms with van der Waals surface area (Å²) in [4.78, 5) is 19.6. The Morgan fingerprint density at radius 2 is 1.75 bits per heavy atom. The summed E-state index contributed by atoms with van der Waals surface area (Å²) in [5, 5.41) is 9.56. The molecule has 4 nitrogen and oxygen atoms in total. The van der Waals surface area contributed by atoms with Crippen molar-refractivity contribution < 1.29 is 9.90 Å².